The highest BCUT2D eigenvalue weighted by molar-refractivity contribution is 6.00. The number of benzene rings is 1. The van der Waals surface area contributed by atoms with Crippen LogP contribution in [0.5, 0.6) is 0 Å². The number of carbonyl (C=O) groups is 1. The molecule has 0 radical (unpaired) electrons. The third-order valence-electron chi connectivity index (χ3n) is 4.31. The Morgan fingerprint density at radius 1 is 1.07 bits per heavy atom. The predicted octanol–water partition coefficient (Wildman–Crippen LogP) is 4.69. The zero-order chi connectivity index (χ0) is 19.7. The van der Waals surface area contributed by atoms with Gasteiger partial charge in [-0.2, -0.15) is 4.39 Å². The summed E-state index contributed by atoms with van der Waals surface area (Å²) in [5.41, 5.74) is 3.51. The topological polar surface area (TPSA) is 70.7 Å². The lowest BCUT2D eigenvalue weighted by atomic mass is 10.0. The molecule has 3 heterocycles. The molecule has 28 heavy (non-hydrogen) atoms. The molecule has 4 aromatic rings. The van der Waals surface area contributed by atoms with E-state index in [4.69, 9.17) is 0 Å². The molecular weight excluding hydrogens is 362 g/mol. The molecule has 7 heteroatoms. The third kappa shape index (κ3) is 3.25. The highest BCUT2D eigenvalue weighted by Crippen LogP contribution is 2.32. The monoisotopic (exact) mass is 376 g/mol. The lowest BCUT2D eigenvalue weighted by molar-refractivity contribution is -0.111. The molecule has 0 fully saturated rings. The average molecular weight is 376 g/mol. The van der Waals surface area contributed by atoms with Gasteiger partial charge in [0.05, 0.1) is 5.69 Å². The van der Waals surface area contributed by atoms with Gasteiger partial charge in [-0.15, -0.1) is 0 Å². The second-order valence-electron chi connectivity index (χ2n) is 6.08. The van der Waals surface area contributed by atoms with Crippen LogP contribution in [0.15, 0.2) is 67.6 Å². The average Bonchev–Trinajstić information content (AvgIpc) is 3.12. The van der Waals surface area contributed by atoms with Crippen LogP contribution in [-0.4, -0.2) is 20.9 Å². The number of aromatic amines is 1. The Bertz CT molecular complexity index is 1220. The Kier molecular flexibility index (Phi) is 4.41. The lowest BCUT2D eigenvalue weighted by Crippen LogP contribution is -2.08. The number of anilines is 1. The molecule has 0 unspecified atom stereocenters. The number of amides is 1. The van der Waals surface area contributed by atoms with Crippen molar-refractivity contribution in [2.45, 2.75) is 0 Å². The van der Waals surface area contributed by atoms with Crippen molar-refractivity contribution < 1.29 is 13.6 Å². The van der Waals surface area contributed by atoms with Crippen molar-refractivity contribution in [3.63, 3.8) is 0 Å². The smallest absolute Gasteiger partial charge is 0.247 e. The number of H-pyrrole nitrogens is 1. The number of nitrogens with one attached hydrogen (secondary N) is 2. The van der Waals surface area contributed by atoms with Crippen molar-refractivity contribution >= 4 is 22.6 Å². The molecule has 1 aromatic carbocycles. The van der Waals surface area contributed by atoms with E-state index < -0.39 is 17.7 Å². The summed E-state index contributed by atoms with van der Waals surface area (Å²) >= 11 is 0. The molecule has 0 atom stereocenters. The summed E-state index contributed by atoms with van der Waals surface area (Å²) in [5, 5.41) is 3.22. The Hall–Kier alpha value is -3.87. The van der Waals surface area contributed by atoms with E-state index in [1.165, 1.54) is 24.4 Å². The normalized spacial score (nSPS) is 10.8. The fraction of sp³-hybridized carbons (Fsp3) is 0. The fourth-order valence-corrected chi connectivity index (χ4v) is 2.95. The largest absolute Gasteiger partial charge is 0.346 e. The van der Waals surface area contributed by atoms with Crippen molar-refractivity contribution in [1.29, 1.82) is 0 Å². The van der Waals surface area contributed by atoms with Crippen LogP contribution in [0.25, 0.3) is 33.3 Å². The van der Waals surface area contributed by atoms with Crippen LogP contribution >= 0.6 is 0 Å². The van der Waals surface area contributed by atoms with E-state index in [1.54, 1.807) is 24.5 Å². The van der Waals surface area contributed by atoms with E-state index >= 15 is 0 Å². The molecule has 0 saturated heterocycles. The minimum atomic E-state index is -0.572. The van der Waals surface area contributed by atoms with Gasteiger partial charge in [0.2, 0.25) is 11.9 Å². The summed E-state index contributed by atoms with van der Waals surface area (Å²) in [6.45, 7) is 3.36. The third-order valence-corrected chi connectivity index (χ3v) is 4.31. The summed E-state index contributed by atoms with van der Waals surface area (Å²) in [6, 6.07) is 9.32. The molecule has 0 aliphatic carbocycles. The minimum Gasteiger partial charge on any atom is -0.346 e. The van der Waals surface area contributed by atoms with Crippen molar-refractivity contribution in [2.75, 3.05) is 5.32 Å². The first-order valence-corrected chi connectivity index (χ1v) is 8.37. The number of carbonyl (C=O) groups excluding carboxylic acids is 1. The van der Waals surface area contributed by atoms with Gasteiger partial charge >= 0.3 is 0 Å². The van der Waals surface area contributed by atoms with Crippen LogP contribution in [-0.2, 0) is 4.79 Å². The van der Waals surface area contributed by atoms with Gasteiger partial charge in [0.1, 0.15) is 11.5 Å². The van der Waals surface area contributed by atoms with Crippen LogP contribution in [0, 0.1) is 11.8 Å². The molecular formula is C21H14F2N4O. The summed E-state index contributed by atoms with van der Waals surface area (Å²) in [4.78, 5) is 22.5. The van der Waals surface area contributed by atoms with Gasteiger partial charge in [-0.25, -0.2) is 14.4 Å². The molecule has 0 saturated carbocycles. The Balaban J connectivity index is 1.80. The van der Waals surface area contributed by atoms with Crippen molar-refractivity contribution in [2.24, 2.45) is 0 Å². The molecule has 4 rings (SSSR count). The van der Waals surface area contributed by atoms with Gasteiger partial charge < -0.3 is 10.3 Å². The van der Waals surface area contributed by atoms with E-state index in [-0.39, 0.29) is 5.69 Å². The first-order chi connectivity index (χ1) is 13.5. The van der Waals surface area contributed by atoms with Crippen LogP contribution < -0.4 is 5.32 Å². The van der Waals surface area contributed by atoms with E-state index in [1.807, 2.05) is 6.07 Å². The number of pyridine rings is 2. The molecule has 0 aliphatic heterocycles. The maximum absolute atomic E-state index is 14.0. The second kappa shape index (κ2) is 7.03. The molecule has 5 nitrogen and oxygen atoms in total. The fourth-order valence-electron chi connectivity index (χ4n) is 2.95. The molecule has 0 aliphatic rings. The van der Waals surface area contributed by atoms with Gasteiger partial charge in [0, 0.05) is 41.2 Å². The summed E-state index contributed by atoms with van der Waals surface area (Å²) < 4.78 is 27.5. The molecule has 3 aromatic heterocycles. The standard InChI is InChI=1S/C21H14F2N4O/c1-2-20(28)27-18-8-12(3-4-17(18)22)14-7-15-16(11-26-21(15)25-10-14)13-5-6-24-19(23)9-13/h2-11H,1H2,(H,25,26)(H,27,28). The number of halogens is 2. The number of hydrogen-bond donors (Lipinski definition) is 2. The van der Waals surface area contributed by atoms with Crippen LogP contribution in [0.1, 0.15) is 0 Å². The SMILES string of the molecule is C=CC(=O)Nc1cc(-c2cnc3[nH]cc(-c4ccnc(F)c4)c3c2)ccc1F. The molecule has 2 N–H and O–H groups in total. The van der Waals surface area contributed by atoms with E-state index in [0.29, 0.717) is 16.8 Å². The number of nitrogens with zero attached hydrogens (tertiary/aromatic N) is 2. The van der Waals surface area contributed by atoms with Crippen LogP contribution in [0.3, 0.4) is 0 Å². The van der Waals surface area contributed by atoms with E-state index in [2.05, 4.69) is 26.8 Å². The summed E-state index contributed by atoms with van der Waals surface area (Å²) in [6.07, 6.45) is 5.85. The number of aromatic nitrogens is 3. The Labute approximate surface area is 158 Å². The molecule has 0 spiro atoms. The van der Waals surface area contributed by atoms with Gasteiger partial charge in [0.25, 0.3) is 0 Å². The summed E-state index contributed by atoms with van der Waals surface area (Å²) in [5.74, 6) is -1.63. The van der Waals surface area contributed by atoms with Crippen molar-refractivity contribution in [1.82, 2.24) is 15.0 Å². The van der Waals surface area contributed by atoms with E-state index in [0.717, 1.165) is 22.6 Å². The highest BCUT2D eigenvalue weighted by atomic mass is 19.1. The van der Waals surface area contributed by atoms with Gasteiger partial charge in [-0.05, 0) is 41.5 Å². The minimum absolute atomic E-state index is 0.0491. The number of rotatable bonds is 4. The number of fused-ring (bicyclic) bond motifs is 1. The molecule has 1 amide bonds. The van der Waals surface area contributed by atoms with E-state index in [9.17, 15) is 13.6 Å². The second-order valence-corrected chi connectivity index (χ2v) is 6.08. The highest BCUT2D eigenvalue weighted by Gasteiger charge is 2.12. The van der Waals surface area contributed by atoms with Crippen LogP contribution in [0.4, 0.5) is 14.5 Å². The van der Waals surface area contributed by atoms with Crippen molar-refractivity contribution in [3.8, 4) is 22.3 Å². The quantitative estimate of drug-likeness (QED) is 0.401. The van der Waals surface area contributed by atoms with Crippen LogP contribution in [0.2, 0.25) is 0 Å². The lowest BCUT2D eigenvalue weighted by Gasteiger charge is -2.08. The zero-order valence-corrected chi connectivity index (χ0v) is 14.5. The Morgan fingerprint density at radius 3 is 2.71 bits per heavy atom. The van der Waals surface area contributed by atoms with Crippen molar-refractivity contribution in [3.05, 3.63) is 79.4 Å². The number of hydrogen-bond acceptors (Lipinski definition) is 3. The predicted molar refractivity (Wildman–Crippen MR) is 104 cm³/mol. The van der Waals surface area contributed by atoms with Gasteiger partial charge in [-0.3, -0.25) is 4.79 Å². The molecule has 138 valence electrons. The zero-order valence-electron chi connectivity index (χ0n) is 14.5. The maximum atomic E-state index is 14.0. The first kappa shape index (κ1) is 17.5. The Morgan fingerprint density at radius 2 is 1.93 bits per heavy atom. The van der Waals surface area contributed by atoms with Gasteiger partial charge in [0.15, 0.2) is 0 Å². The first-order valence-electron chi connectivity index (χ1n) is 8.37. The molecule has 0 bridgehead atoms. The maximum Gasteiger partial charge on any atom is 0.247 e. The summed E-state index contributed by atoms with van der Waals surface area (Å²) in [7, 11) is 0. The van der Waals surface area contributed by atoms with Gasteiger partial charge in [-0.1, -0.05) is 12.6 Å².